The van der Waals surface area contributed by atoms with Crippen LogP contribution in [0.3, 0.4) is 0 Å². The first-order valence-electron chi connectivity index (χ1n) is 6.12. The van der Waals surface area contributed by atoms with E-state index >= 15 is 0 Å². The van der Waals surface area contributed by atoms with Gasteiger partial charge in [-0.25, -0.2) is 0 Å². The molecular formula is C14H21N. The second-order valence-corrected chi connectivity index (χ2v) is 4.71. The van der Waals surface area contributed by atoms with E-state index in [4.69, 9.17) is 5.73 Å². The van der Waals surface area contributed by atoms with E-state index in [2.05, 4.69) is 31.2 Å². The maximum absolute atomic E-state index is 5.72. The average molecular weight is 203 g/mol. The van der Waals surface area contributed by atoms with E-state index in [0.29, 0.717) is 0 Å². The van der Waals surface area contributed by atoms with Crippen molar-refractivity contribution in [3.05, 3.63) is 35.4 Å². The molecule has 0 amide bonds. The van der Waals surface area contributed by atoms with Gasteiger partial charge in [-0.2, -0.15) is 0 Å². The fourth-order valence-electron chi connectivity index (χ4n) is 2.62. The average Bonchev–Trinajstić information content (AvgIpc) is 2.78. The van der Waals surface area contributed by atoms with Crippen molar-refractivity contribution in [2.75, 3.05) is 6.54 Å². The van der Waals surface area contributed by atoms with Gasteiger partial charge in [0.05, 0.1) is 0 Å². The van der Waals surface area contributed by atoms with Gasteiger partial charge < -0.3 is 5.73 Å². The summed E-state index contributed by atoms with van der Waals surface area (Å²) in [7, 11) is 0. The molecule has 1 aromatic rings. The molecule has 1 aliphatic rings. The number of nitrogens with two attached hydrogens (primary N) is 1. The van der Waals surface area contributed by atoms with Crippen molar-refractivity contribution in [1.29, 1.82) is 0 Å². The Morgan fingerprint density at radius 3 is 2.47 bits per heavy atom. The minimum atomic E-state index is 0.765. The predicted molar refractivity (Wildman–Crippen MR) is 65.0 cm³/mol. The lowest BCUT2D eigenvalue weighted by molar-refractivity contribution is 0.551. The van der Waals surface area contributed by atoms with Crippen LogP contribution in [0.25, 0.3) is 0 Å². The Bertz CT molecular complexity index is 302. The highest BCUT2D eigenvalue weighted by molar-refractivity contribution is 5.26. The second-order valence-electron chi connectivity index (χ2n) is 4.71. The van der Waals surface area contributed by atoms with E-state index in [9.17, 15) is 0 Å². The Hall–Kier alpha value is -0.820. The van der Waals surface area contributed by atoms with Crippen molar-refractivity contribution in [3.8, 4) is 0 Å². The van der Waals surface area contributed by atoms with E-state index in [-0.39, 0.29) is 0 Å². The summed E-state index contributed by atoms with van der Waals surface area (Å²) in [4.78, 5) is 0. The highest BCUT2D eigenvalue weighted by Gasteiger charge is 2.24. The molecule has 0 radical (unpaired) electrons. The number of aryl methyl sites for hydroxylation is 1. The molecule has 0 aliphatic heterocycles. The standard InChI is InChI=1S/C14H21N/c1-2-11-3-6-13(7-4-11)14-8-5-12(9-14)10-15/h3-4,6-7,12,14H,2,5,8-10,15H2,1H3. The van der Waals surface area contributed by atoms with Crippen LogP contribution in [0, 0.1) is 5.92 Å². The van der Waals surface area contributed by atoms with Crippen LogP contribution in [0.2, 0.25) is 0 Å². The number of benzene rings is 1. The van der Waals surface area contributed by atoms with Crippen molar-refractivity contribution in [1.82, 2.24) is 0 Å². The number of hydrogen-bond donors (Lipinski definition) is 1. The Kier molecular flexibility index (Phi) is 3.42. The molecule has 1 fully saturated rings. The van der Waals surface area contributed by atoms with Crippen molar-refractivity contribution in [2.24, 2.45) is 11.7 Å². The topological polar surface area (TPSA) is 26.0 Å². The first-order chi connectivity index (χ1) is 7.33. The van der Waals surface area contributed by atoms with Gasteiger partial charge in [0.25, 0.3) is 0 Å². The number of rotatable bonds is 3. The summed E-state index contributed by atoms with van der Waals surface area (Å²) in [6.07, 6.45) is 5.07. The normalized spacial score (nSPS) is 25.7. The summed E-state index contributed by atoms with van der Waals surface area (Å²) >= 11 is 0. The van der Waals surface area contributed by atoms with Gasteiger partial charge in [0.1, 0.15) is 0 Å². The SMILES string of the molecule is CCc1ccc(C2CCC(CN)C2)cc1. The molecule has 82 valence electrons. The summed E-state index contributed by atoms with van der Waals surface area (Å²) in [5.74, 6) is 1.53. The van der Waals surface area contributed by atoms with Crippen LogP contribution in [0.15, 0.2) is 24.3 Å². The fourth-order valence-corrected chi connectivity index (χ4v) is 2.62. The van der Waals surface area contributed by atoms with Gasteiger partial charge in [-0.3, -0.25) is 0 Å². The molecule has 1 aliphatic carbocycles. The Morgan fingerprint density at radius 2 is 1.93 bits per heavy atom. The first kappa shape index (κ1) is 10.7. The van der Waals surface area contributed by atoms with E-state index in [0.717, 1.165) is 24.8 Å². The lowest BCUT2D eigenvalue weighted by Crippen LogP contribution is -2.10. The smallest absolute Gasteiger partial charge is 0.00486 e. The van der Waals surface area contributed by atoms with Crippen LogP contribution >= 0.6 is 0 Å². The fraction of sp³-hybridized carbons (Fsp3) is 0.571. The maximum atomic E-state index is 5.72. The molecule has 1 aromatic carbocycles. The molecule has 0 bridgehead atoms. The van der Waals surface area contributed by atoms with E-state index in [1.165, 1.54) is 30.4 Å². The van der Waals surface area contributed by atoms with Crippen molar-refractivity contribution in [2.45, 2.75) is 38.5 Å². The Labute approximate surface area is 92.7 Å². The highest BCUT2D eigenvalue weighted by atomic mass is 14.6. The van der Waals surface area contributed by atoms with E-state index in [1.807, 2.05) is 0 Å². The predicted octanol–water partition coefficient (Wildman–Crippen LogP) is 3.09. The van der Waals surface area contributed by atoms with Gasteiger partial charge in [-0.15, -0.1) is 0 Å². The number of hydrogen-bond acceptors (Lipinski definition) is 1. The Morgan fingerprint density at radius 1 is 1.20 bits per heavy atom. The quantitative estimate of drug-likeness (QED) is 0.802. The summed E-state index contributed by atoms with van der Waals surface area (Å²) in [5.41, 5.74) is 8.67. The molecule has 2 unspecified atom stereocenters. The van der Waals surface area contributed by atoms with Crippen molar-refractivity contribution < 1.29 is 0 Å². The zero-order valence-electron chi connectivity index (χ0n) is 9.58. The minimum Gasteiger partial charge on any atom is -0.330 e. The molecule has 2 N–H and O–H groups in total. The zero-order chi connectivity index (χ0) is 10.7. The molecule has 0 heterocycles. The molecule has 1 nitrogen and oxygen atoms in total. The van der Waals surface area contributed by atoms with Gasteiger partial charge in [0, 0.05) is 0 Å². The summed E-state index contributed by atoms with van der Waals surface area (Å²) in [6, 6.07) is 9.15. The third-order valence-corrected chi connectivity index (χ3v) is 3.73. The van der Waals surface area contributed by atoms with Gasteiger partial charge in [0.2, 0.25) is 0 Å². The molecule has 1 saturated carbocycles. The molecule has 2 rings (SSSR count). The molecule has 2 atom stereocenters. The van der Waals surface area contributed by atoms with Crippen LogP contribution in [-0.4, -0.2) is 6.54 Å². The van der Waals surface area contributed by atoms with Gasteiger partial charge >= 0.3 is 0 Å². The monoisotopic (exact) mass is 203 g/mol. The summed E-state index contributed by atoms with van der Waals surface area (Å²) < 4.78 is 0. The third-order valence-electron chi connectivity index (χ3n) is 3.73. The molecular weight excluding hydrogens is 182 g/mol. The molecule has 0 saturated heterocycles. The highest BCUT2D eigenvalue weighted by Crippen LogP contribution is 2.37. The largest absolute Gasteiger partial charge is 0.330 e. The van der Waals surface area contributed by atoms with Gasteiger partial charge in [-0.05, 0) is 55.2 Å². The molecule has 0 aromatic heterocycles. The second kappa shape index (κ2) is 4.80. The van der Waals surface area contributed by atoms with Crippen LogP contribution in [-0.2, 0) is 6.42 Å². The lowest BCUT2D eigenvalue weighted by atomic mass is 9.95. The lowest BCUT2D eigenvalue weighted by Gasteiger charge is -2.11. The Balaban J connectivity index is 2.04. The first-order valence-corrected chi connectivity index (χ1v) is 6.12. The van der Waals surface area contributed by atoms with Crippen LogP contribution in [0.5, 0.6) is 0 Å². The van der Waals surface area contributed by atoms with Crippen LogP contribution in [0.1, 0.15) is 43.2 Å². The molecule has 1 heteroatoms. The van der Waals surface area contributed by atoms with Gasteiger partial charge in [0.15, 0.2) is 0 Å². The molecule has 0 spiro atoms. The van der Waals surface area contributed by atoms with Gasteiger partial charge in [-0.1, -0.05) is 31.2 Å². The maximum Gasteiger partial charge on any atom is -0.00486 e. The van der Waals surface area contributed by atoms with Crippen molar-refractivity contribution in [3.63, 3.8) is 0 Å². The summed E-state index contributed by atoms with van der Waals surface area (Å²) in [6.45, 7) is 3.07. The van der Waals surface area contributed by atoms with E-state index < -0.39 is 0 Å². The van der Waals surface area contributed by atoms with Crippen LogP contribution < -0.4 is 5.73 Å². The minimum absolute atomic E-state index is 0.765. The molecule has 15 heavy (non-hydrogen) atoms. The van der Waals surface area contributed by atoms with E-state index in [1.54, 1.807) is 0 Å². The van der Waals surface area contributed by atoms with Crippen molar-refractivity contribution >= 4 is 0 Å². The third kappa shape index (κ3) is 2.40. The van der Waals surface area contributed by atoms with Crippen LogP contribution in [0.4, 0.5) is 0 Å². The zero-order valence-corrected chi connectivity index (χ0v) is 9.58. The summed E-state index contributed by atoms with van der Waals surface area (Å²) in [5, 5.41) is 0.